The molecule has 0 radical (unpaired) electrons. The zero-order valence-electron chi connectivity index (χ0n) is 11.2. The van der Waals surface area contributed by atoms with E-state index in [-0.39, 0.29) is 11.7 Å². The molecule has 1 aromatic carbocycles. The smallest absolute Gasteiger partial charge is 0.268 e. The van der Waals surface area contributed by atoms with Crippen LogP contribution in [0.15, 0.2) is 42.6 Å². The number of aromatic amines is 1. The fourth-order valence-corrected chi connectivity index (χ4v) is 3.05. The van der Waals surface area contributed by atoms with Crippen molar-refractivity contribution in [3.63, 3.8) is 0 Å². The molecule has 0 aliphatic heterocycles. The molecule has 0 atom stereocenters. The minimum atomic E-state index is -0.576. The number of nitrogens with one attached hydrogen (secondary N) is 2. The summed E-state index contributed by atoms with van der Waals surface area (Å²) in [6.07, 6.45) is 5.26. The first-order chi connectivity index (χ1) is 9.71. The molecule has 1 fully saturated rings. The fraction of sp³-hybridized carbons (Fsp3) is 0.312. The Kier molecular flexibility index (Phi) is 3.30. The first-order valence-electron chi connectivity index (χ1n) is 6.92. The number of carbonyl (C=O) groups is 1. The predicted octanol–water partition coefficient (Wildman–Crippen LogP) is 3.35. The SMILES string of the molecule is O=C(NC1(c2ccccc2F)CCCC1)c1ccc[nH]1. The number of amides is 1. The molecule has 3 rings (SSSR count). The third-order valence-electron chi connectivity index (χ3n) is 4.04. The van der Waals surface area contributed by atoms with Gasteiger partial charge in [-0.05, 0) is 31.0 Å². The van der Waals surface area contributed by atoms with Crippen molar-refractivity contribution in [2.45, 2.75) is 31.2 Å². The lowest BCUT2D eigenvalue weighted by molar-refractivity contribution is 0.0892. The lowest BCUT2D eigenvalue weighted by atomic mass is 9.87. The summed E-state index contributed by atoms with van der Waals surface area (Å²) in [5, 5.41) is 3.04. The average Bonchev–Trinajstić information content (AvgIpc) is 3.10. The molecule has 104 valence electrons. The molecule has 1 heterocycles. The largest absolute Gasteiger partial charge is 0.357 e. The second-order valence-electron chi connectivity index (χ2n) is 5.31. The van der Waals surface area contributed by atoms with E-state index in [1.54, 1.807) is 30.5 Å². The third kappa shape index (κ3) is 2.22. The Labute approximate surface area is 117 Å². The number of aromatic nitrogens is 1. The zero-order chi connectivity index (χ0) is 14.0. The van der Waals surface area contributed by atoms with Gasteiger partial charge >= 0.3 is 0 Å². The van der Waals surface area contributed by atoms with Gasteiger partial charge in [0.1, 0.15) is 11.5 Å². The molecule has 4 heteroatoms. The Morgan fingerprint density at radius 3 is 2.55 bits per heavy atom. The van der Waals surface area contributed by atoms with Gasteiger partial charge in [0.05, 0.1) is 5.54 Å². The Balaban J connectivity index is 1.93. The van der Waals surface area contributed by atoms with Gasteiger partial charge in [0.15, 0.2) is 0 Å². The summed E-state index contributed by atoms with van der Waals surface area (Å²) in [5.41, 5.74) is 0.526. The van der Waals surface area contributed by atoms with E-state index in [0.717, 1.165) is 25.7 Å². The third-order valence-corrected chi connectivity index (χ3v) is 4.04. The molecule has 1 aliphatic rings. The van der Waals surface area contributed by atoms with Crippen LogP contribution in [0.4, 0.5) is 4.39 Å². The van der Waals surface area contributed by atoms with Gasteiger partial charge in [0.2, 0.25) is 0 Å². The predicted molar refractivity (Wildman–Crippen MR) is 74.8 cm³/mol. The van der Waals surface area contributed by atoms with Crippen molar-refractivity contribution < 1.29 is 9.18 Å². The first-order valence-corrected chi connectivity index (χ1v) is 6.92. The van der Waals surface area contributed by atoms with Crippen LogP contribution >= 0.6 is 0 Å². The average molecular weight is 272 g/mol. The summed E-state index contributed by atoms with van der Waals surface area (Å²) < 4.78 is 14.1. The van der Waals surface area contributed by atoms with Crippen LogP contribution in [0.1, 0.15) is 41.7 Å². The highest BCUT2D eigenvalue weighted by atomic mass is 19.1. The molecule has 1 saturated carbocycles. The summed E-state index contributed by atoms with van der Waals surface area (Å²) >= 11 is 0. The first kappa shape index (κ1) is 12.9. The summed E-state index contributed by atoms with van der Waals surface area (Å²) in [6, 6.07) is 10.2. The van der Waals surface area contributed by atoms with E-state index in [4.69, 9.17) is 0 Å². The Morgan fingerprint density at radius 2 is 1.90 bits per heavy atom. The van der Waals surface area contributed by atoms with Crippen molar-refractivity contribution >= 4 is 5.91 Å². The van der Waals surface area contributed by atoms with Crippen LogP contribution < -0.4 is 5.32 Å². The maximum absolute atomic E-state index is 14.1. The van der Waals surface area contributed by atoms with Crippen molar-refractivity contribution in [2.24, 2.45) is 0 Å². The van der Waals surface area contributed by atoms with Gasteiger partial charge in [-0.25, -0.2) is 4.39 Å². The lowest BCUT2D eigenvalue weighted by Gasteiger charge is -2.31. The van der Waals surface area contributed by atoms with Gasteiger partial charge in [-0.1, -0.05) is 31.0 Å². The molecule has 1 aliphatic carbocycles. The second-order valence-corrected chi connectivity index (χ2v) is 5.31. The number of rotatable bonds is 3. The van der Waals surface area contributed by atoms with Gasteiger partial charge in [0.25, 0.3) is 5.91 Å². The molecule has 1 amide bonds. The van der Waals surface area contributed by atoms with Crippen LogP contribution in [0, 0.1) is 5.82 Å². The summed E-state index contributed by atoms with van der Waals surface area (Å²) in [7, 11) is 0. The monoisotopic (exact) mass is 272 g/mol. The quantitative estimate of drug-likeness (QED) is 0.884. The number of benzene rings is 1. The highest BCUT2D eigenvalue weighted by molar-refractivity contribution is 5.93. The molecule has 0 bridgehead atoms. The minimum Gasteiger partial charge on any atom is -0.357 e. The van der Waals surface area contributed by atoms with E-state index in [9.17, 15) is 9.18 Å². The molecule has 2 aromatic rings. The highest BCUT2D eigenvalue weighted by Gasteiger charge is 2.39. The molecule has 20 heavy (non-hydrogen) atoms. The van der Waals surface area contributed by atoms with Gasteiger partial charge in [0, 0.05) is 11.8 Å². The molecule has 0 spiro atoms. The van der Waals surface area contributed by atoms with Crippen molar-refractivity contribution in [2.75, 3.05) is 0 Å². The lowest BCUT2D eigenvalue weighted by Crippen LogP contribution is -2.44. The maximum Gasteiger partial charge on any atom is 0.268 e. The van der Waals surface area contributed by atoms with Gasteiger partial charge in [-0.3, -0.25) is 4.79 Å². The van der Waals surface area contributed by atoms with E-state index in [1.165, 1.54) is 6.07 Å². The van der Waals surface area contributed by atoms with Crippen LogP contribution in [0.3, 0.4) is 0 Å². The Hall–Kier alpha value is -2.10. The summed E-state index contributed by atoms with van der Waals surface area (Å²) in [4.78, 5) is 15.2. The van der Waals surface area contributed by atoms with E-state index < -0.39 is 5.54 Å². The molecule has 0 unspecified atom stereocenters. The number of hydrogen-bond donors (Lipinski definition) is 2. The molecule has 0 saturated heterocycles. The fourth-order valence-electron chi connectivity index (χ4n) is 3.05. The highest BCUT2D eigenvalue weighted by Crippen LogP contribution is 2.40. The Bertz CT molecular complexity index is 601. The van der Waals surface area contributed by atoms with E-state index >= 15 is 0 Å². The number of H-pyrrole nitrogens is 1. The molecular formula is C16H17FN2O. The van der Waals surface area contributed by atoms with Crippen molar-refractivity contribution in [3.8, 4) is 0 Å². The summed E-state index contributed by atoms with van der Waals surface area (Å²) in [6.45, 7) is 0. The number of halogens is 1. The topological polar surface area (TPSA) is 44.9 Å². The minimum absolute atomic E-state index is 0.180. The van der Waals surface area contributed by atoms with Crippen LogP contribution in [0.25, 0.3) is 0 Å². The van der Waals surface area contributed by atoms with Gasteiger partial charge < -0.3 is 10.3 Å². The molecule has 3 nitrogen and oxygen atoms in total. The van der Waals surface area contributed by atoms with Crippen LogP contribution in [-0.2, 0) is 5.54 Å². The van der Waals surface area contributed by atoms with Crippen LogP contribution in [0.2, 0.25) is 0 Å². The zero-order valence-corrected chi connectivity index (χ0v) is 11.2. The van der Waals surface area contributed by atoms with Crippen molar-refractivity contribution in [3.05, 3.63) is 59.7 Å². The van der Waals surface area contributed by atoms with Gasteiger partial charge in [-0.2, -0.15) is 0 Å². The number of hydrogen-bond acceptors (Lipinski definition) is 1. The number of carbonyl (C=O) groups excluding carboxylic acids is 1. The maximum atomic E-state index is 14.1. The second kappa shape index (κ2) is 5.12. The van der Waals surface area contributed by atoms with Gasteiger partial charge in [-0.15, -0.1) is 0 Å². The summed E-state index contributed by atoms with van der Waals surface area (Å²) in [5.74, 6) is -0.429. The van der Waals surface area contributed by atoms with Crippen molar-refractivity contribution in [1.82, 2.24) is 10.3 Å². The van der Waals surface area contributed by atoms with E-state index in [2.05, 4.69) is 10.3 Å². The van der Waals surface area contributed by atoms with E-state index in [1.807, 2.05) is 6.07 Å². The van der Waals surface area contributed by atoms with Crippen LogP contribution in [0.5, 0.6) is 0 Å². The normalized spacial score (nSPS) is 17.1. The molecule has 1 aromatic heterocycles. The Morgan fingerprint density at radius 1 is 1.15 bits per heavy atom. The molecular weight excluding hydrogens is 255 g/mol. The van der Waals surface area contributed by atoms with Crippen LogP contribution in [-0.4, -0.2) is 10.9 Å². The van der Waals surface area contributed by atoms with E-state index in [0.29, 0.717) is 11.3 Å². The standard InChI is InChI=1S/C16H17FN2O/c17-13-7-2-1-6-12(13)16(9-3-4-10-16)19-15(20)14-8-5-11-18-14/h1-2,5-8,11,18H,3-4,9-10H2,(H,19,20). The van der Waals surface area contributed by atoms with Crippen molar-refractivity contribution in [1.29, 1.82) is 0 Å². The molecule has 2 N–H and O–H groups in total.